The molecule has 1 fully saturated rings. The Morgan fingerprint density at radius 1 is 1.27 bits per heavy atom. The largest absolute Gasteiger partial charge is 0.339 e. The van der Waals surface area contributed by atoms with Crippen molar-refractivity contribution in [1.82, 2.24) is 4.90 Å². The van der Waals surface area contributed by atoms with Crippen LogP contribution in [0.3, 0.4) is 0 Å². The number of nitrogens with zero attached hydrogens (tertiary/aromatic N) is 1. The predicted molar refractivity (Wildman–Crippen MR) is 89.3 cm³/mol. The van der Waals surface area contributed by atoms with E-state index in [0.29, 0.717) is 11.5 Å². The molecular formula is C17H22N2O2S. The van der Waals surface area contributed by atoms with E-state index in [9.17, 15) is 9.59 Å². The molecule has 2 aliphatic rings. The molecule has 2 heterocycles. The van der Waals surface area contributed by atoms with Gasteiger partial charge >= 0.3 is 0 Å². The van der Waals surface area contributed by atoms with Crippen LogP contribution < -0.4 is 5.32 Å². The fourth-order valence-corrected chi connectivity index (χ4v) is 3.92. The summed E-state index contributed by atoms with van der Waals surface area (Å²) in [5.74, 6) is 0.777. The molecule has 4 nitrogen and oxygen atoms in total. The minimum atomic E-state index is -0.0823. The third-order valence-electron chi connectivity index (χ3n) is 4.46. The van der Waals surface area contributed by atoms with Crippen LogP contribution in [0.15, 0.2) is 23.1 Å². The van der Waals surface area contributed by atoms with Gasteiger partial charge in [0.15, 0.2) is 0 Å². The van der Waals surface area contributed by atoms with E-state index in [-0.39, 0.29) is 17.1 Å². The van der Waals surface area contributed by atoms with E-state index in [2.05, 4.69) is 12.2 Å². The maximum atomic E-state index is 12.7. The van der Waals surface area contributed by atoms with Crippen molar-refractivity contribution in [2.75, 3.05) is 18.4 Å². The van der Waals surface area contributed by atoms with Crippen molar-refractivity contribution in [1.29, 1.82) is 0 Å². The molecule has 0 radical (unpaired) electrons. The summed E-state index contributed by atoms with van der Waals surface area (Å²) in [6.45, 7) is 5.80. The van der Waals surface area contributed by atoms with Gasteiger partial charge in [-0.2, -0.15) is 0 Å². The fourth-order valence-electron chi connectivity index (χ4n) is 2.99. The smallest absolute Gasteiger partial charge is 0.253 e. The predicted octanol–water partition coefficient (Wildman–Crippen LogP) is 3.38. The van der Waals surface area contributed by atoms with E-state index in [0.717, 1.165) is 36.5 Å². The molecule has 1 saturated heterocycles. The number of carbonyl (C=O) groups is 2. The molecule has 2 aliphatic heterocycles. The number of amides is 2. The lowest BCUT2D eigenvalue weighted by Gasteiger charge is -2.24. The highest BCUT2D eigenvalue weighted by atomic mass is 32.2. The molecule has 2 atom stereocenters. The van der Waals surface area contributed by atoms with E-state index in [1.807, 2.05) is 30.0 Å². The number of nitrogens with one attached hydrogen (secondary N) is 1. The highest BCUT2D eigenvalue weighted by Gasteiger charge is 2.25. The van der Waals surface area contributed by atoms with Crippen LogP contribution in [0.4, 0.5) is 5.69 Å². The van der Waals surface area contributed by atoms with Crippen molar-refractivity contribution < 1.29 is 9.59 Å². The zero-order valence-corrected chi connectivity index (χ0v) is 13.9. The van der Waals surface area contributed by atoms with E-state index in [1.165, 1.54) is 6.42 Å². The summed E-state index contributed by atoms with van der Waals surface area (Å²) < 4.78 is 0. The van der Waals surface area contributed by atoms with Crippen LogP contribution in [-0.2, 0) is 4.79 Å². The summed E-state index contributed by atoms with van der Waals surface area (Å²) in [5, 5.41) is 2.81. The third kappa shape index (κ3) is 3.14. The van der Waals surface area contributed by atoms with Gasteiger partial charge in [-0.05, 0) is 50.3 Å². The molecule has 0 saturated carbocycles. The van der Waals surface area contributed by atoms with Crippen LogP contribution >= 0.6 is 11.8 Å². The number of likely N-dealkylation sites (tertiary alicyclic amines) is 1. The SMILES string of the molecule is C[C@H]1CCCN(C(=O)c2ccc3c(c2)NC(=O)[C@H](C)S3)CC1. The Hall–Kier alpha value is -1.49. The van der Waals surface area contributed by atoms with Crippen LogP contribution in [0, 0.1) is 5.92 Å². The summed E-state index contributed by atoms with van der Waals surface area (Å²) in [6.07, 6.45) is 3.33. The second-order valence-electron chi connectivity index (χ2n) is 6.29. The van der Waals surface area contributed by atoms with Crippen molar-refractivity contribution in [3.8, 4) is 0 Å². The van der Waals surface area contributed by atoms with Gasteiger partial charge in [0.25, 0.3) is 5.91 Å². The zero-order valence-electron chi connectivity index (χ0n) is 13.1. The van der Waals surface area contributed by atoms with Gasteiger partial charge in [-0.3, -0.25) is 9.59 Å². The van der Waals surface area contributed by atoms with Crippen LogP contribution in [-0.4, -0.2) is 35.1 Å². The van der Waals surface area contributed by atoms with Crippen molar-refractivity contribution in [3.05, 3.63) is 23.8 Å². The molecule has 1 aromatic rings. The normalized spacial score (nSPS) is 25.2. The number of carbonyl (C=O) groups excluding carboxylic acids is 2. The van der Waals surface area contributed by atoms with Crippen molar-refractivity contribution in [2.45, 2.75) is 43.3 Å². The molecule has 1 aromatic carbocycles. The number of rotatable bonds is 1. The van der Waals surface area contributed by atoms with Crippen molar-refractivity contribution in [2.24, 2.45) is 5.92 Å². The monoisotopic (exact) mass is 318 g/mol. The van der Waals surface area contributed by atoms with Crippen LogP contribution in [0.1, 0.15) is 43.5 Å². The lowest BCUT2D eigenvalue weighted by molar-refractivity contribution is -0.115. The second kappa shape index (κ2) is 6.32. The zero-order chi connectivity index (χ0) is 15.7. The van der Waals surface area contributed by atoms with E-state index < -0.39 is 0 Å². The standard InChI is InChI=1S/C17H22N2O2S/c1-11-4-3-8-19(9-7-11)17(21)13-5-6-15-14(10-13)18-16(20)12(2)22-15/h5-6,10-12H,3-4,7-9H2,1-2H3,(H,18,20)/t11-,12-/m0/s1. The number of fused-ring (bicyclic) bond motifs is 1. The molecule has 118 valence electrons. The molecular weight excluding hydrogens is 296 g/mol. The minimum Gasteiger partial charge on any atom is -0.339 e. The van der Waals surface area contributed by atoms with Gasteiger partial charge in [0, 0.05) is 23.5 Å². The molecule has 0 aromatic heterocycles. The van der Waals surface area contributed by atoms with E-state index >= 15 is 0 Å². The molecule has 1 N–H and O–H groups in total. The van der Waals surface area contributed by atoms with E-state index in [1.54, 1.807) is 11.8 Å². The topological polar surface area (TPSA) is 49.4 Å². The fraction of sp³-hybridized carbons (Fsp3) is 0.529. The van der Waals surface area contributed by atoms with Gasteiger partial charge in [0.1, 0.15) is 0 Å². The lowest BCUT2D eigenvalue weighted by Crippen LogP contribution is -2.32. The van der Waals surface area contributed by atoms with Gasteiger partial charge in [-0.1, -0.05) is 6.92 Å². The Labute approximate surface area is 135 Å². The van der Waals surface area contributed by atoms with Crippen molar-refractivity contribution >= 4 is 29.3 Å². The second-order valence-corrected chi connectivity index (χ2v) is 7.67. The summed E-state index contributed by atoms with van der Waals surface area (Å²) in [4.78, 5) is 27.5. The Morgan fingerprint density at radius 2 is 2.09 bits per heavy atom. The molecule has 22 heavy (non-hydrogen) atoms. The van der Waals surface area contributed by atoms with Crippen LogP contribution in [0.5, 0.6) is 0 Å². The number of thioether (sulfide) groups is 1. The maximum Gasteiger partial charge on any atom is 0.253 e. The molecule has 2 amide bonds. The van der Waals surface area contributed by atoms with Crippen LogP contribution in [0.2, 0.25) is 0 Å². The highest BCUT2D eigenvalue weighted by Crippen LogP contribution is 2.36. The van der Waals surface area contributed by atoms with Gasteiger partial charge < -0.3 is 10.2 Å². The number of hydrogen-bond donors (Lipinski definition) is 1. The van der Waals surface area contributed by atoms with Crippen molar-refractivity contribution in [3.63, 3.8) is 0 Å². The average molecular weight is 318 g/mol. The first kappa shape index (κ1) is 15.4. The number of hydrogen-bond acceptors (Lipinski definition) is 3. The first-order valence-corrected chi connectivity index (χ1v) is 8.83. The van der Waals surface area contributed by atoms with E-state index in [4.69, 9.17) is 0 Å². The Morgan fingerprint density at radius 3 is 2.91 bits per heavy atom. The Kier molecular flexibility index (Phi) is 4.43. The number of anilines is 1. The summed E-state index contributed by atoms with van der Waals surface area (Å²) >= 11 is 1.54. The average Bonchev–Trinajstić information content (AvgIpc) is 2.72. The summed E-state index contributed by atoms with van der Waals surface area (Å²) in [7, 11) is 0. The molecule has 3 rings (SSSR count). The summed E-state index contributed by atoms with van der Waals surface area (Å²) in [6, 6.07) is 5.65. The number of benzene rings is 1. The highest BCUT2D eigenvalue weighted by molar-refractivity contribution is 8.00. The maximum absolute atomic E-state index is 12.7. The molecule has 0 aliphatic carbocycles. The lowest BCUT2D eigenvalue weighted by atomic mass is 10.0. The molecule has 0 unspecified atom stereocenters. The van der Waals surface area contributed by atoms with Gasteiger partial charge in [0.2, 0.25) is 5.91 Å². The van der Waals surface area contributed by atoms with Gasteiger partial charge in [-0.15, -0.1) is 11.8 Å². The summed E-state index contributed by atoms with van der Waals surface area (Å²) in [5.41, 5.74) is 1.44. The quantitative estimate of drug-likeness (QED) is 0.863. The first-order chi connectivity index (χ1) is 10.5. The van der Waals surface area contributed by atoms with Gasteiger partial charge in [-0.25, -0.2) is 0 Å². The van der Waals surface area contributed by atoms with Crippen LogP contribution in [0.25, 0.3) is 0 Å². The third-order valence-corrected chi connectivity index (χ3v) is 5.64. The molecule has 0 bridgehead atoms. The molecule has 5 heteroatoms. The molecule has 0 spiro atoms. The Bertz CT molecular complexity index is 602. The minimum absolute atomic E-state index is 0.00527. The Balaban J connectivity index is 1.79. The first-order valence-electron chi connectivity index (χ1n) is 7.95. The van der Waals surface area contributed by atoms with Gasteiger partial charge in [0.05, 0.1) is 10.9 Å².